The summed E-state index contributed by atoms with van der Waals surface area (Å²) in [5.41, 5.74) is 2.04. The molecule has 0 bridgehead atoms. The van der Waals surface area contributed by atoms with E-state index < -0.39 is 0 Å². The number of nitrogens with zero attached hydrogens (tertiary/aromatic N) is 2. The normalized spacial score (nSPS) is 13.2. The monoisotopic (exact) mass is 267 g/mol. The molecule has 0 radical (unpaired) electrons. The van der Waals surface area contributed by atoms with Crippen LogP contribution in [0.2, 0.25) is 5.02 Å². The van der Waals surface area contributed by atoms with Gasteiger partial charge in [-0.15, -0.1) is 0 Å². The van der Waals surface area contributed by atoms with Gasteiger partial charge in [0.2, 0.25) is 0 Å². The number of hydrogen-bond donors (Lipinski definition) is 1. The molecular formula is C13H18ClN3O. The van der Waals surface area contributed by atoms with Gasteiger partial charge in [-0.3, -0.25) is 4.68 Å². The molecule has 1 unspecified atom stereocenters. The first-order valence-electron chi connectivity index (χ1n) is 6.00. The molecule has 4 nitrogen and oxygen atoms in total. The molecule has 2 heterocycles. The van der Waals surface area contributed by atoms with Gasteiger partial charge < -0.3 is 9.73 Å². The SMILES string of the molecule is CNC(c1occc1C)c1c(Cl)cnn1C(C)C. The van der Waals surface area contributed by atoms with Gasteiger partial charge in [-0.25, -0.2) is 0 Å². The predicted octanol–water partition coefficient (Wildman–Crippen LogP) is 3.33. The molecule has 0 saturated heterocycles. The molecule has 0 amide bonds. The summed E-state index contributed by atoms with van der Waals surface area (Å²) in [5, 5.41) is 8.22. The maximum Gasteiger partial charge on any atom is 0.129 e. The van der Waals surface area contributed by atoms with Gasteiger partial charge in [0.25, 0.3) is 0 Å². The molecule has 0 fully saturated rings. The summed E-state index contributed by atoms with van der Waals surface area (Å²) in [6.07, 6.45) is 3.37. The fourth-order valence-electron chi connectivity index (χ4n) is 2.10. The van der Waals surface area contributed by atoms with Crippen LogP contribution in [0.25, 0.3) is 0 Å². The Morgan fingerprint density at radius 3 is 2.67 bits per heavy atom. The smallest absolute Gasteiger partial charge is 0.129 e. The van der Waals surface area contributed by atoms with E-state index >= 15 is 0 Å². The summed E-state index contributed by atoms with van der Waals surface area (Å²) >= 11 is 6.27. The molecule has 2 rings (SSSR count). The highest BCUT2D eigenvalue weighted by Crippen LogP contribution is 2.31. The molecule has 0 aliphatic carbocycles. The van der Waals surface area contributed by atoms with Gasteiger partial charge in [0.15, 0.2) is 0 Å². The molecule has 5 heteroatoms. The van der Waals surface area contributed by atoms with Crippen LogP contribution in [0.5, 0.6) is 0 Å². The highest BCUT2D eigenvalue weighted by atomic mass is 35.5. The van der Waals surface area contributed by atoms with Crippen LogP contribution >= 0.6 is 11.6 Å². The molecule has 0 aromatic carbocycles. The van der Waals surface area contributed by atoms with Gasteiger partial charge in [-0.2, -0.15) is 5.10 Å². The molecule has 18 heavy (non-hydrogen) atoms. The maximum atomic E-state index is 6.27. The van der Waals surface area contributed by atoms with Crippen LogP contribution in [0.15, 0.2) is 22.9 Å². The number of hydrogen-bond acceptors (Lipinski definition) is 3. The number of aromatic nitrogens is 2. The zero-order valence-corrected chi connectivity index (χ0v) is 11.8. The van der Waals surface area contributed by atoms with Gasteiger partial charge in [-0.05, 0) is 39.4 Å². The minimum atomic E-state index is -0.0857. The standard InChI is InChI=1S/C13H18ClN3O/c1-8(2)17-12(10(14)7-16-17)11(15-4)13-9(3)5-6-18-13/h5-8,11,15H,1-4H3. The second-order valence-electron chi connectivity index (χ2n) is 4.61. The van der Waals surface area contributed by atoms with Crippen LogP contribution in [0.1, 0.15) is 42.9 Å². The van der Waals surface area contributed by atoms with E-state index in [0.29, 0.717) is 5.02 Å². The Balaban J connectivity index is 2.52. The van der Waals surface area contributed by atoms with Crippen LogP contribution in [0, 0.1) is 6.92 Å². The van der Waals surface area contributed by atoms with E-state index in [1.54, 1.807) is 12.5 Å². The highest BCUT2D eigenvalue weighted by molar-refractivity contribution is 6.31. The minimum absolute atomic E-state index is 0.0857. The van der Waals surface area contributed by atoms with Gasteiger partial charge >= 0.3 is 0 Å². The van der Waals surface area contributed by atoms with Crippen molar-refractivity contribution in [3.05, 3.63) is 40.6 Å². The van der Waals surface area contributed by atoms with Crippen molar-refractivity contribution in [2.45, 2.75) is 32.9 Å². The van der Waals surface area contributed by atoms with Gasteiger partial charge in [0.05, 0.1) is 23.2 Å². The van der Waals surface area contributed by atoms with Crippen molar-refractivity contribution in [1.29, 1.82) is 0 Å². The molecule has 2 aromatic heterocycles. The first-order chi connectivity index (χ1) is 8.56. The van der Waals surface area contributed by atoms with Crippen molar-refractivity contribution in [3.63, 3.8) is 0 Å². The summed E-state index contributed by atoms with van der Waals surface area (Å²) in [6, 6.07) is 2.11. The third-order valence-corrected chi connectivity index (χ3v) is 3.29. The average molecular weight is 268 g/mol. The fraction of sp³-hybridized carbons (Fsp3) is 0.462. The summed E-state index contributed by atoms with van der Waals surface area (Å²) < 4.78 is 7.49. The molecule has 0 aliphatic rings. The summed E-state index contributed by atoms with van der Waals surface area (Å²) in [5.74, 6) is 0.877. The van der Waals surface area contributed by atoms with E-state index in [9.17, 15) is 0 Å². The summed E-state index contributed by atoms with van der Waals surface area (Å²) in [6.45, 7) is 6.18. The Labute approximate surface area is 112 Å². The second-order valence-corrected chi connectivity index (χ2v) is 5.01. The van der Waals surface area contributed by atoms with E-state index in [1.807, 2.05) is 24.7 Å². The number of furan rings is 1. The van der Waals surface area contributed by atoms with E-state index in [0.717, 1.165) is 17.0 Å². The van der Waals surface area contributed by atoms with Crippen molar-refractivity contribution in [2.24, 2.45) is 0 Å². The molecule has 2 aromatic rings. The molecule has 0 saturated carbocycles. The van der Waals surface area contributed by atoms with Crippen molar-refractivity contribution in [3.8, 4) is 0 Å². The van der Waals surface area contributed by atoms with Crippen LogP contribution in [0.4, 0.5) is 0 Å². The highest BCUT2D eigenvalue weighted by Gasteiger charge is 2.25. The lowest BCUT2D eigenvalue weighted by molar-refractivity contribution is 0.424. The zero-order chi connectivity index (χ0) is 13.3. The van der Waals surface area contributed by atoms with Crippen molar-refractivity contribution in [1.82, 2.24) is 15.1 Å². The summed E-state index contributed by atoms with van der Waals surface area (Å²) in [7, 11) is 1.89. The van der Waals surface area contributed by atoms with Crippen LogP contribution in [-0.2, 0) is 0 Å². The second kappa shape index (κ2) is 5.16. The van der Waals surface area contributed by atoms with Crippen molar-refractivity contribution in [2.75, 3.05) is 7.05 Å². The molecule has 0 aliphatic heterocycles. The van der Waals surface area contributed by atoms with Gasteiger partial charge in [0, 0.05) is 6.04 Å². The number of halogens is 1. The van der Waals surface area contributed by atoms with Crippen LogP contribution in [-0.4, -0.2) is 16.8 Å². The third-order valence-electron chi connectivity index (χ3n) is 3.00. The molecule has 1 N–H and O–H groups in total. The molecule has 98 valence electrons. The Morgan fingerprint density at radius 1 is 1.44 bits per heavy atom. The van der Waals surface area contributed by atoms with E-state index in [-0.39, 0.29) is 12.1 Å². The average Bonchev–Trinajstić information content (AvgIpc) is 2.89. The largest absolute Gasteiger partial charge is 0.467 e. The van der Waals surface area contributed by atoms with Gasteiger partial charge in [-0.1, -0.05) is 11.6 Å². The van der Waals surface area contributed by atoms with Crippen molar-refractivity contribution >= 4 is 11.6 Å². The first-order valence-corrected chi connectivity index (χ1v) is 6.38. The Hall–Kier alpha value is -1.26. The molecular weight excluding hydrogens is 250 g/mol. The fourth-order valence-corrected chi connectivity index (χ4v) is 2.34. The van der Waals surface area contributed by atoms with E-state index in [2.05, 4.69) is 24.3 Å². The van der Waals surface area contributed by atoms with Gasteiger partial charge in [0.1, 0.15) is 11.8 Å². The minimum Gasteiger partial charge on any atom is -0.467 e. The lowest BCUT2D eigenvalue weighted by Crippen LogP contribution is -2.23. The lowest BCUT2D eigenvalue weighted by atomic mass is 10.1. The number of aryl methyl sites for hydroxylation is 1. The van der Waals surface area contributed by atoms with E-state index in [1.165, 1.54) is 0 Å². The predicted molar refractivity (Wildman–Crippen MR) is 72.0 cm³/mol. The number of rotatable bonds is 4. The molecule has 1 atom stereocenters. The van der Waals surface area contributed by atoms with Crippen molar-refractivity contribution < 1.29 is 4.42 Å². The Morgan fingerprint density at radius 2 is 2.17 bits per heavy atom. The maximum absolute atomic E-state index is 6.27. The zero-order valence-electron chi connectivity index (χ0n) is 11.1. The Bertz CT molecular complexity index is 530. The third kappa shape index (κ3) is 2.18. The summed E-state index contributed by atoms with van der Waals surface area (Å²) in [4.78, 5) is 0. The quantitative estimate of drug-likeness (QED) is 0.924. The first kappa shape index (κ1) is 13.2. The van der Waals surface area contributed by atoms with Crippen LogP contribution < -0.4 is 5.32 Å². The number of nitrogens with one attached hydrogen (secondary N) is 1. The Kier molecular flexibility index (Phi) is 3.78. The topological polar surface area (TPSA) is 43.0 Å². The molecule has 0 spiro atoms. The van der Waals surface area contributed by atoms with Crippen LogP contribution in [0.3, 0.4) is 0 Å². The lowest BCUT2D eigenvalue weighted by Gasteiger charge is -2.19. The van der Waals surface area contributed by atoms with E-state index in [4.69, 9.17) is 16.0 Å².